The molecule has 1 N–H and O–H groups in total. The lowest BCUT2D eigenvalue weighted by atomic mass is 10.2. The number of hydrogen-bond acceptors (Lipinski definition) is 6. The number of nitrogens with one attached hydrogen (secondary N) is 1. The van der Waals surface area contributed by atoms with Crippen LogP contribution in [0.15, 0.2) is 27.9 Å². The van der Waals surface area contributed by atoms with Gasteiger partial charge in [-0.15, -0.1) is 0 Å². The van der Waals surface area contributed by atoms with E-state index in [2.05, 4.69) is 28.6 Å². The van der Waals surface area contributed by atoms with Gasteiger partial charge in [-0.1, -0.05) is 29.8 Å². The van der Waals surface area contributed by atoms with Crippen molar-refractivity contribution in [3.63, 3.8) is 0 Å². The van der Waals surface area contributed by atoms with Crippen molar-refractivity contribution in [1.82, 2.24) is 10.3 Å². The van der Waals surface area contributed by atoms with Crippen LogP contribution in [0.4, 0.5) is 5.88 Å². The fraction of sp³-hybridized carbons (Fsp3) is 0.438. The van der Waals surface area contributed by atoms with Crippen LogP contribution in [0.3, 0.4) is 0 Å². The normalized spacial score (nSPS) is 10.4. The Morgan fingerprint density at radius 2 is 2.29 bits per heavy atom. The summed E-state index contributed by atoms with van der Waals surface area (Å²) in [6, 6.07) is 5.75. The third-order valence-corrected chi connectivity index (χ3v) is 4.25. The molecule has 1 amide bonds. The van der Waals surface area contributed by atoms with Crippen LogP contribution in [0, 0.1) is 11.3 Å². The van der Waals surface area contributed by atoms with E-state index in [1.807, 2.05) is 13.0 Å². The highest BCUT2D eigenvalue weighted by Gasteiger charge is 2.14. The van der Waals surface area contributed by atoms with Crippen molar-refractivity contribution in [2.45, 2.75) is 44.7 Å². The number of carbonyl (C=O) groups is 1. The van der Waals surface area contributed by atoms with E-state index in [1.165, 1.54) is 11.8 Å². The highest BCUT2D eigenvalue weighted by atomic mass is 32.2. The van der Waals surface area contributed by atoms with Crippen LogP contribution in [-0.4, -0.2) is 21.9 Å². The number of aryl methyl sites for hydroxylation is 2. The van der Waals surface area contributed by atoms with Crippen LogP contribution in [0.2, 0.25) is 0 Å². The largest absolute Gasteiger partial charge is 0.302 e. The molecule has 0 aromatic carbocycles. The molecule has 7 nitrogen and oxygen atoms in total. The number of hydrogen-bond donors (Lipinski definition) is 1. The van der Waals surface area contributed by atoms with Crippen LogP contribution in [0.1, 0.15) is 37.9 Å². The van der Waals surface area contributed by atoms with E-state index in [4.69, 9.17) is 4.52 Å². The third-order valence-electron chi connectivity index (χ3n) is 3.26. The molecule has 0 spiro atoms. The summed E-state index contributed by atoms with van der Waals surface area (Å²) >= 11 is 1.24. The molecule has 24 heavy (non-hydrogen) atoms. The maximum atomic E-state index is 12.0. The second kappa shape index (κ2) is 9.03. The van der Waals surface area contributed by atoms with E-state index in [1.54, 1.807) is 16.9 Å². The Morgan fingerprint density at radius 1 is 1.46 bits per heavy atom. The van der Waals surface area contributed by atoms with Crippen molar-refractivity contribution in [1.29, 1.82) is 5.26 Å². The fourth-order valence-electron chi connectivity index (χ4n) is 1.96. The molecule has 2 rings (SSSR count). The minimum Gasteiger partial charge on any atom is -0.288 e. The van der Waals surface area contributed by atoms with Gasteiger partial charge in [-0.05, 0) is 31.9 Å². The zero-order valence-corrected chi connectivity index (χ0v) is 14.6. The predicted octanol–water partition coefficient (Wildman–Crippen LogP) is 2.32. The summed E-state index contributed by atoms with van der Waals surface area (Å²) in [4.78, 5) is 16.5. The first-order chi connectivity index (χ1) is 11.7. The molecule has 0 fully saturated rings. The Balaban J connectivity index is 1.96. The maximum absolute atomic E-state index is 12.0. The van der Waals surface area contributed by atoms with Gasteiger partial charge in [0.25, 0.3) is 6.20 Å². The van der Waals surface area contributed by atoms with Crippen molar-refractivity contribution in [2.75, 3.05) is 11.1 Å². The molecule has 126 valence electrons. The van der Waals surface area contributed by atoms with E-state index in [0.717, 1.165) is 25.0 Å². The molecule has 8 heteroatoms. The number of thioether (sulfide) groups is 1. The molecule has 2 heterocycles. The molecule has 0 aliphatic heterocycles. The molecular weight excluding hydrogens is 326 g/mol. The quantitative estimate of drug-likeness (QED) is 0.582. The molecule has 0 unspecified atom stereocenters. The number of nitriles is 1. The van der Waals surface area contributed by atoms with Crippen molar-refractivity contribution in [2.24, 2.45) is 0 Å². The molecular formula is C16H20N5O2S+. The van der Waals surface area contributed by atoms with Gasteiger partial charge in [-0.2, -0.15) is 5.26 Å². The van der Waals surface area contributed by atoms with E-state index < -0.39 is 0 Å². The maximum Gasteiger partial charge on any atom is 0.302 e. The first-order valence-corrected chi connectivity index (χ1v) is 8.84. The van der Waals surface area contributed by atoms with Gasteiger partial charge in [0.1, 0.15) is 11.1 Å². The number of nitrogens with zero attached hydrogens (tertiary/aromatic N) is 4. The van der Waals surface area contributed by atoms with Crippen LogP contribution in [0.25, 0.3) is 0 Å². The molecule has 0 bridgehead atoms. The lowest BCUT2D eigenvalue weighted by molar-refractivity contribution is -0.759. The first kappa shape index (κ1) is 17.9. The van der Waals surface area contributed by atoms with Gasteiger partial charge in [0.2, 0.25) is 11.2 Å². The summed E-state index contributed by atoms with van der Waals surface area (Å²) in [6.45, 7) is 4.70. The molecule has 0 saturated carbocycles. The zero-order chi connectivity index (χ0) is 17.4. The zero-order valence-electron chi connectivity index (χ0n) is 13.8. The minimum absolute atomic E-state index is 0.145. The second-order valence-electron chi connectivity index (χ2n) is 5.13. The van der Waals surface area contributed by atoms with Gasteiger partial charge in [-0.25, -0.2) is 4.98 Å². The molecule has 0 aliphatic rings. The molecule has 0 radical (unpaired) electrons. The van der Waals surface area contributed by atoms with Crippen LogP contribution in [0.5, 0.6) is 0 Å². The predicted molar refractivity (Wildman–Crippen MR) is 89.3 cm³/mol. The first-order valence-electron chi connectivity index (χ1n) is 7.85. The SMILES string of the molecule is CCCCc1ccc(C#N)c(SCC(=O)Nc2c[n+](CC)no2)n1. The van der Waals surface area contributed by atoms with E-state index in [0.29, 0.717) is 23.0 Å². The van der Waals surface area contributed by atoms with Gasteiger partial charge in [0.05, 0.1) is 11.3 Å². The number of unbranched alkanes of at least 4 members (excludes halogenated alkanes) is 1. The van der Waals surface area contributed by atoms with E-state index in [9.17, 15) is 10.1 Å². The Hall–Kier alpha value is -2.40. The smallest absolute Gasteiger partial charge is 0.288 e. The number of rotatable bonds is 8. The van der Waals surface area contributed by atoms with Crippen molar-refractivity contribution in [3.8, 4) is 6.07 Å². The molecule has 2 aromatic rings. The van der Waals surface area contributed by atoms with E-state index >= 15 is 0 Å². The van der Waals surface area contributed by atoms with Crippen LogP contribution >= 0.6 is 11.8 Å². The minimum atomic E-state index is -0.232. The Labute approximate surface area is 145 Å². The Bertz CT molecular complexity index is 738. The van der Waals surface area contributed by atoms with Crippen molar-refractivity contribution < 1.29 is 14.0 Å². The Kier molecular flexibility index (Phi) is 6.75. The van der Waals surface area contributed by atoms with Crippen LogP contribution < -0.4 is 10.00 Å². The Morgan fingerprint density at radius 3 is 2.96 bits per heavy atom. The summed E-state index contributed by atoms with van der Waals surface area (Å²) in [5.74, 6) is 0.211. The van der Waals surface area contributed by atoms with Gasteiger partial charge < -0.3 is 0 Å². The molecule has 0 atom stereocenters. The average molecular weight is 346 g/mol. The number of carbonyl (C=O) groups excluding carboxylic acids is 1. The summed E-state index contributed by atoms with van der Waals surface area (Å²) < 4.78 is 6.57. The fourth-order valence-corrected chi connectivity index (χ4v) is 2.75. The van der Waals surface area contributed by atoms with Gasteiger partial charge in [0, 0.05) is 5.69 Å². The topological polar surface area (TPSA) is 95.7 Å². The summed E-state index contributed by atoms with van der Waals surface area (Å²) in [5.41, 5.74) is 1.43. The molecule has 0 saturated heterocycles. The van der Waals surface area contributed by atoms with Gasteiger partial charge in [-0.3, -0.25) is 14.6 Å². The van der Waals surface area contributed by atoms with Gasteiger partial charge in [0.15, 0.2) is 6.54 Å². The monoisotopic (exact) mass is 346 g/mol. The van der Waals surface area contributed by atoms with Crippen LogP contribution in [-0.2, 0) is 17.8 Å². The standard InChI is InChI=1S/C16H19N5O2S/c1-3-5-6-13-8-7-12(9-17)16(18-13)24-11-14(22)19-15-10-21(4-2)20-23-15/h7-8,10H,3-6,11H2,1-2H3/p+1. The lowest BCUT2D eigenvalue weighted by Crippen LogP contribution is -2.32. The third kappa shape index (κ3) is 5.06. The number of amides is 1. The summed E-state index contributed by atoms with van der Waals surface area (Å²) in [6.07, 6.45) is 4.62. The van der Waals surface area contributed by atoms with Crippen molar-refractivity contribution >= 4 is 23.6 Å². The molecule has 2 aromatic heterocycles. The number of aromatic nitrogens is 3. The summed E-state index contributed by atoms with van der Waals surface area (Å²) in [5, 5.41) is 16.1. The lowest BCUT2D eigenvalue weighted by Gasteiger charge is -2.06. The van der Waals surface area contributed by atoms with Crippen molar-refractivity contribution in [3.05, 3.63) is 29.6 Å². The average Bonchev–Trinajstić information content (AvgIpc) is 3.05. The highest BCUT2D eigenvalue weighted by molar-refractivity contribution is 8.00. The van der Waals surface area contributed by atoms with E-state index in [-0.39, 0.29) is 11.7 Å². The number of anilines is 1. The van der Waals surface area contributed by atoms with Gasteiger partial charge >= 0.3 is 5.88 Å². The summed E-state index contributed by atoms with van der Waals surface area (Å²) in [7, 11) is 0. The molecule has 0 aliphatic carbocycles. The highest BCUT2D eigenvalue weighted by Crippen LogP contribution is 2.21. The number of pyridine rings is 1. The second-order valence-corrected chi connectivity index (χ2v) is 6.09.